The van der Waals surface area contributed by atoms with E-state index in [0.717, 1.165) is 27.3 Å². The number of carbonyl (C=O) groups is 1. The lowest BCUT2D eigenvalue weighted by atomic mass is 10.2. The Morgan fingerprint density at radius 3 is 2.86 bits per heavy atom. The van der Waals surface area contributed by atoms with Gasteiger partial charge < -0.3 is 9.64 Å². The summed E-state index contributed by atoms with van der Waals surface area (Å²) >= 11 is 3.55. The molecule has 21 heavy (non-hydrogen) atoms. The van der Waals surface area contributed by atoms with E-state index in [2.05, 4.69) is 21.0 Å². The number of hydrogen-bond acceptors (Lipinski definition) is 3. The molecular weight excluding hydrogens is 334 g/mol. The SMILES string of the molecule is Cc1nn(C)c(CN2C(=O)CCOc3ccccc32)c1Br. The Hall–Kier alpha value is -1.82. The maximum atomic E-state index is 12.4. The normalized spacial score (nSPS) is 14.6. The van der Waals surface area contributed by atoms with Gasteiger partial charge in [-0.15, -0.1) is 0 Å². The highest BCUT2D eigenvalue weighted by Gasteiger charge is 2.25. The van der Waals surface area contributed by atoms with Gasteiger partial charge in [0.1, 0.15) is 5.75 Å². The molecule has 6 heteroatoms. The van der Waals surface area contributed by atoms with E-state index in [1.165, 1.54) is 0 Å². The third-order valence-electron chi connectivity index (χ3n) is 3.60. The molecule has 0 unspecified atom stereocenters. The Kier molecular flexibility index (Phi) is 3.71. The number of ether oxygens (including phenoxy) is 1. The van der Waals surface area contributed by atoms with Crippen LogP contribution in [0.25, 0.3) is 0 Å². The topological polar surface area (TPSA) is 47.4 Å². The van der Waals surface area contributed by atoms with Crippen molar-refractivity contribution in [1.29, 1.82) is 0 Å². The summed E-state index contributed by atoms with van der Waals surface area (Å²) < 4.78 is 8.41. The van der Waals surface area contributed by atoms with Crippen LogP contribution in [0.4, 0.5) is 5.69 Å². The van der Waals surface area contributed by atoms with Crippen LogP contribution in [0.15, 0.2) is 28.7 Å². The lowest BCUT2D eigenvalue weighted by Crippen LogP contribution is -2.30. The predicted octanol–water partition coefficient (Wildman–Crippen LogP) is 2.81. The molecule has 5 nitrogen and oxygen atoms in total. The van der Waals surface area contributed by atoms with E-state index in [9.17, 15) is 4.79 Å². The van der Waals surface area contributed by atoms with E-state index >= 15 is 0 Å². The molecule has 0 saturated heterocycles. The van der Waals surface area contributed by atoms with Crippen molar-refractivity contribution in [3.63, 3.8) is 0 Å². The first kappa shape index (κ1) is 14.1. The fourth-order valence-corrected chi connectivity index (χ4v) is 2.96. The fraction of sp³-hybridized carbons (Fsp3) is 0.333. The van der Waals surface area contributed by atoms with Gasteiger partial charge in [-0.25, -0.2) is 0 Å². The number of nitrogens with zero attached hydrogens (tertiary/aromatic N) is 3. The summed E-state index contributed by atoms with van der Waals surface area (Å²) in [5.74, 6) is 0.809. The van der Waals surface area contributed by atoms with Gasteiger partial charge in [0.05, 0.1) is 41.1 Å². The number of hydrogen-bond donors (Lipinski definition) is 0. The number of aryl methyl sites for hydroxylation is 2. The van der Waals surface area contributed by atoms with Crippen molar-refractivity contribution < 1.29 is 9.53 Å². The summed E-state index contributed by atoms with van der Waals surface area (Å²) in [4.78, 5) is 14.2. The van der Waals surface area contributed by atoms with E-state index in [0.29, 0.717) is 19.6 Å². The quantitative estimate of drug-likeness (QED) is 0.837. The van der Waals surface area contributed by atoms with E-state index in [1.807, 2.05) is 38.2 Å². The minimum absolute atomic E-state index is 0.0608. The second kappa shape index (κ2) is 5.52. The monoisotopic (exact) mass is 349 g/mol. The Morgan fingerprint density at radius 2 is 2.14 bits per heavy atom. The first-order valence-corrected chi connectivity index (χ1v) is 7.57. The molecule has 1 aliphatic rings. The average Bonchev–Trinajstić information content (AvgIpc) is 2.62. The number of rotatable bonds is 2. The number of halogens is 1. The number of benzene rings is 1. The summed E-state index contributed by atoms with van der Waals surface area (Å²) in [7, 11) is 1.89. The van der Waals surface area contributed by atoms with Crippen molar-refractivity contribution in [3.05, 3.63) is 40.1 Å². The second-order valence-corrected chi connectivity index (χ2v) is 5.81. The molecule has 1 aliphatic heterocycles. The highest BCUT2D eigenvalue weighted by Crippen LogP contribution is 2.33. The molecule has 0 fully saturated rings. The van der Waals surface area contributed by atoms with Crippen LogP contribution in [0.3, 0.4) is 0 Å². The van der Waals surface area contributed by atoms with Gasteiger partial charge in [0.2, 0.25) is 5.91 Å². The van der Waals surface area contributed by atoms with Gasteiger partial charge in [0.25, 0.3) is 0 Å². The van der Waals surface area contributed by atoms with E-state index in [-0.39, 0.29) is 5.91 Å². The number of anilines is 1. The molecule has 1 aromatic heterocycles. The molecule has 1 aromatic carbocycles. The number of fused-ring (bicyclic) bond motifs is 1. The van der Waals surface area contributed by atoms with E-state index < -0.39 is 0 Å². The molecule has 1 amide bonds. The Bertz CT molecular complexity index is 696. The lowest BCUT2D eigenvalue weighted by molar-refractivity contribution is -0.118. The van der Waals surface area contributed by atoms with Crippen LogP contribution in [0, 0.1) is 6.92 Å². The van der Waals surface area contributed by atoms with Crippen LogP contribution in [0.5, 0.6) is 5.75 Å². The average molecular weight is 350 g/mol. The predicted molar refractivity (Wildman–Crippen MR) is 83.4 cm³/mol. The van der Waals surface area contributed by atoms with E-state index in [1.54, 1.807) is 9.58 Å². The highest BCUT2D eigenvalue weighted by molar-refractivity contribution is 9.10. The zero-order valence-electron chi connectivity index (χ0n) is 12.0. The summed E-state index contributed by atoms with van der Waals surface area (Å²) in [6.45, 7) is 2.82. The van der Waals surface area contributed by atoms with Crippen LogP contribution < -0.4 is 9.64 Å². The maximum Gasteiger partial charge on any atom is 0.230 e. The van der Waals surface area contributed by atoms with Crippen molar-refractivity contribution in [3.8, 4) is 5.75 Å². The van der Waals surface area contributed by atoms with Gasteiger partial charge in [-0.1, -0.05) is 12.1 Å². The third-order valence-corrected chi connectivity index (χ3v) is 4.63. The largest absolute Gasteiger partial charge is 0.491 e. The van der Waals surface area contributed by atoms with Crippen LogP contribution in [-0.4, -0.2) is 22.3 Å². The third kappa shape index (κ3) is 2.55. The van der Waals surface area contributed by atoms with Crippen molar-refractivity contribution in [2.24, 2.45) is 7.05 Å². The maximum absolute atomic E-state index is 12.4. The Balaban J connectivity index is 2.02. The van der Waals surface area contributed by atoms with Gasteiger partial charge in [0, 0.05) is 7.05 Å². The summed E-state index contributed by atoms with van der Waals surface area (Å²) in [5, 5.41) is 4.38. The molecule has 0 atom stereocenters. The van der Waals surface area contributed by atoms with Crippen LogP contribution in [0.2, 0.25) is 0 Å². The van der Waals surface area contributed by atoms with Crippen LogP contribution in [-0.2, 0) is 18.4 Å². The minimum Gasteiger partial charge on any atom is -0.491 e. The fourth-order valence-electron chi connectivity index (χ4n) is 2.49. The number of amides is 1. The van der Waals surface area contributed by atoms with Gasteiger partial charge in [-0.3, -0.25) is 9.48 Å². The van der Waals surface area contributed by atoms with E-state index in [4.69, 9.17) is 4.74 Å². The number of carbonyl (C=O) groups excluding carboxylic acids is 1. The minimum atomic E-state index is 0.0608. The summed E-state index contributed by atoms with van der Waals surface area (Å²) in [6.07, 6.45) is 0.378. The van der Waals surface area contributed by atoms with Gasteiger partial charge in [-0.05, 0) is 35.0 Å². The van der Waals surface area contributed by atoms with Crippen LogP contribution in [0.1, 0.15) is 17.8 Å². The molecule has 0 N–H and O–H groups in total. The first-order valence-electron chi connectivity index (χ1n) is 6.78. The molecule has 2 aromatic rings. The van der Waals surface area contributed by atoms with Gasteiger partial charge in [-0.2, -0.15) is 5.10 Å². The smallest absolute Gasteiger partial charge is 0.230 e. The number of para-hydroxylation sites is 2. The molecular formula is C15H16BrN3O2. The lowest BCUT2D eigenvalue weighted by Gasteiger charge is -2.22. The molecule has 3 rings (SSSR count). The highest BCUT2D eigenvalue weighted by atomic mass is 79.9. The van der Waals surface area contributed by atoms with Gasteiger partial charge >= 0.3 is 0 Å². The molecule has 0 bridgehead atoms. The molecule has 0 saturated carbocycles. The summed E-state index contributed by atoms with van der Waals surface area (Å²) in [5.41, 5.74) is 2.70. The van der Waals surface area contributed by atoms with Crippen molar-refractivity contribution in [1.82, 2.24) is 9.78 Å². The summed E-state index contributed by atoms with van der Waals surface area (Å²) in [6, 6.07) is 7.63. The number of aromatic nitrogens is 2. The van der Waals surface area contributed by atoms with Crippen molar-refractivity contribution in [2.75, 3.05) is 11.5 Å². The zero-order valence-corrected chi connectivity index (χ0v) is 13.6. The molecule has 0 aliphatic carbocycles. The standard InChI is InChI=1S/C15H16BrN3O2/c1-10-15(16)12(18(2)17-10)9-19-11-5-3-4-6-13(11)21-8-7-14(19)20/h3-6H,7-9H2,1-2H3. The molecule has 110 valence electrons. The molecule has 2 heterocycles. The van der Waals surface area contributed by atoms with Gasteiger partial charge in [0.15, 0.2) is 0 Å². The van der Waals surface area contributed by atoms with Crippen molar-refractivity contribution in [2.45, 2.75) is 19.9 Å². The molecule has 0 spiro atoms. The van der Waals surface area contributed by atoms with Crippen molar-refractivity contribution >= 4 is 27.5 Å². The molecule has 0 radical (unpaired) electrons. The first-order chi connectivity index (χ1) is 10.1. The Labute approximate surface area is 131 Å². The zero-order chi connectivity index (χ0) is 15.0. The second-order valence-electron chi connectivity index (χ2n) is 5.02. The Morgan fingerprint density at radius 1 is 1.38 bits per heavy atom. The van der Waals surface area contributed by atoms with Crippen LogP contribution >= 0.6 is 15.9 Å².